The van der Waals surface area contributed by atoms with Crippen molar-refractivity contribution in [1.29, 1.82) is 0 Å². The van der Waals surface area contributed by atoms with Gasteiger partial charge in [-0.25, -0.2) is 4.39 Å². The van der Waals surface area contributed by atoms with E-state index in [1.165, 1.54) is 24.3 Å². The van der Waals surface area contributed by atoms with Gasteiger partial charge in [-0.1, -0.05) is 12.1 Å². The molecule has 1 N–H and O–H groups in total. The van der Waals surface area contributed by atoms with Crippen LogP contribution < -0.4 is 0 Å². The standard InChI is InChI=1S/C14H18FNO3/c1-16(12-6-8-19-9-7-12)14(18)13(17)10-2-4-11(15)5-3-10/h2-5,12-13,17H,6-9H2,1H3/t13-/m0/s1. The summed E-state index contributed by atoms with van der Waals surface area (Å²) in [7, 11) is 1.69. The number of hydrogen-bond donors (Lipinski definition) is 1. The minimum Gasteiger partial charge on any atom is -0.381 e. The Labute approximate surface area is 111 Å². The summed E-state index contributed by atoms with van der Waals surface area (Å²) in [6.07, 6.45) is 0.310. The van der Waals surface area contributed by atoms with E-state index in [1.807, 2.05) is 0 Å². The molecule has 5 heteroatoms. The van der Waals surface area contributed by atoms with Gasteiger partial charge in [0.2, 0.25) is 0 Å². The maximum Gasteiger partial charge on any atom is 0.256 e. The van der Waals surface area contributed by atoms with Gasteiger partial charge in [-0.2, -0.15) is 0 Å². The van der Waals surface area contributed by atoms with Gasteiger partial charge in [-0.3, -0.25) is 4.79 Å². The number of rotatable bonds is 3. The smallest absolute Gasteiger partial charge is 0.256 e. The van der Waals surface area contributed by atoms with Gasteiger partial charge in [0.25, 0.3) is 5.91 Å². The van der Waals surface area contributed by atoms with Gasteiger partial charge < -0.3 is 14.7 Å². The third-order valence-corrected chi connectivity index (χ3v) is 3.51. The molecule has 0 spiro atoms. The van der Waals surface area contributed by atoms with Crippen LogP contribution in [0.2, 0.25) is 0 Å². The van der Waals surface area contributed by atoms with Gasteiger partial charge in [0, 0.05) is 26.3 Å². The zero-order valence-electron chi connectivity index (χ0n) is 10.9. The minimum absolute atomic E-state index is 0.0938. The number of nitrogens with zero attached hydrogens (tertiary/aromatic N) is 1. The van der Waals surface area contributed by atoms with Crippen LogP contribution in [-0.2, 0) is 9.53 Å². The first-order chi connectivity index (χ1) is 9.09. The zero-order valence-corrected chi connectivity index (χ0v) is 10.9. The van der Waals surface area contributed by atoms with Crippen LogP contribution in [-0.4, -0.2) is 42.2 Å². The van der Waals surface area contributed by atoms with Gasteiger partial charge in [-0.05, 0) is 30.5 Å². The van der Waals surface area contributed by atoms with Crippen LogP contribution in [0.1, 0.15) is 24.5 Å². The van der Waals surface area contributed by atoms with Crippen molar-refractivity contribution in [1.82, 2.24) is 4.90 Å². The average molecular weight is 267 g/mol. The average Bonchev–Trinajstić information content (AvgIpc) is 2.46. The Morgan fingerprint density at radius 2 is 1.95 bits per heavy atom. The monoisotopic (exact) mass is 267 g/mol. The van der Waals surface area contributed by atoms with Gasteiger partial charge in [0.1, 0.15) is 5.82 Å². The molecule has 1 atom stereocenters. The molecule has 0 aliphatic carbocycles. The summed E-state index contributed by atoms with van der Waals surface area (Å²) in [5, 5.41) is 10.0. The van der Waals surface area contributed by atoms with Crippen molar-refractivity contribution in [3.8, 4) is 0 Å². The van der Waals surface area contributed by atoms with Crippen molar-refractivity contribution in [3.05, 3.63) is 35.6 Å². The lowest BCUT2D eigenvalue weighted by Crippen LogP contribution is -2.42. The van der Waals surface area contributed by atoms with E-state index in [1.54, 1.807) is 11.9 Å². The number of likely N-dealkylation sites (N-methyl/N-ethyl adjacent to an activating group) is 1. The van der Waals surface area contributed by atoms with Crippen LogP contribution in [0.4, 0.5) is 4.39 Å². The van der Waals surface area contributed by atoms with E-state index in [9.17, 15) is 14.3 Å². The summed E-state index contributed by atoms with van der Waals surface area (Å²) in [6, 6.07) is 5.42. The number of aliphatic hydroxyl groups excluding tert-OH is 1. The first-order valence-corrected chi connectivity index (χ1v) is 6.37. The largest absolute Gasteiger partial charge is 0.381 e. The quantitative estimate of drug-likeness (QED) is 0.903. The van der Waals surface area contributed by atoms with Gasteiger partial charge >= 0.3 is 0 Å². The summed E-state index contributed by atoms with van der Waals surface area (Å²) in [6.45, 7) is 1.27. The molecule has 1 heterocycles. The molecular weight excluding hydrogens is 249 g/mol. The fraction of sp³-hybridized carbons (Fsp3) is 0.500. The summed E-state index contributed by atoms with van der Waals surface area (Å²) in [5.41, 5.74) is 0.408. The van der Waals surface area contributed by atoms with Crippen molar-refractivity contribution >= 4 is 5.91 Å². The number of halogens is 1. The SMILES string of the molecule is CN(C(=O)[C@@H](O)c1ccc(F)cc1)C1CCOCC1. The third kappa shape index (κ3) is 3.30. The molecule has 1 aliphatic rings. The molecule has 0 bridgehead atoms. The van der Waals surface area contributed by atoms with Crippen molar-refractivity contribution in [2.24, 2.45) is 0 Å². The molecule has 4 nitrogen and oxygen atoms in total. The normalized spacial score (nSPS) is 18.1. The predicted octanol–water partition coefficient (Wildman–Crippen LogP) is 1.50. The maximum absolute atomic E-state index is 12.8. The van der Waals surface area contributed by atoms with E-state index >= 15 is 0 Å². The number of amides is 1. The van der Waals surface area contributed by atoms with E-state index < -0.39 is 6.10 Å². The lowest BCUT2D eigenvalue weighted by atomic mass is 10.0. The molecule has 1 aliphatic heterocycles. The molecule has 0 radical (unpaired) electrons. The maximum atomic E-state index is 12.8. The Morgan fingerprint density at radius 1 is 1.37 bits per heavy atom. The van der Waals surface area contributed by atoms with Crippen LogP contribution >= 0.6 is 0 Å². The van der Waals surface area contributed by atoms with Crippen molar-refractivity contribution in [3.63, 3.8) is 0 Å². The van der Waals surface area contributed by atoms with Gasteiger partial charge in [0.15, 0.2) is 6.10 Å². The molecule has 0 aromatic heterocycles. The van der Waals surface area contributed by atoms with E-state index in [-0.39, 0.29) is 17.8 Å². The molecule has 1 amide bonds. The molecule has 1 fully saturated rings. The molecule has 1 saturated heterocycles. The highest BCUT2D eigenvalue weighted by Gasteiger charge is 2.27. The fourth-order valence-corrected chi connectivity index (χ4v) is 2.23. The third-order valence-electron chi connectivity index (χ3n) is 3.51. The number of carbonyl (C=O) groups excluding carboxylic acids is 1. The molecule has 1 aromatic rings. The Hall–Kier alpha value is -1.46. The molecule has 104 valence electrons. The minimum atomic E-state index is -1.24. The first-order valence-electron chi connectivity index (χ1n) is 6.37. The lowest BCUT2D eigenvalue weighted by Gasteiger charge is -2.32. The lowest BCUT2D eigenvalue weighted by molar-refractivity contribution is -0.143. The number of carbonyl (C=O) groups is 1. The molecule has 0 saturated carbocycles. The molecule has 2 rings (SSSR count). The highest BCUT2D eigenvalue weighted by atomic mass is 19.1. The van der Waals surface area contributed by atoms with E-state index in [0.717, 1.165) is 12.8 Å². The second kappa shape index (κ2) is 6.12. The predicted molar refractivity (Wildman–Crippen MR) is 68.0 cm³/mol. The second-order valence-electron chi connectivity index (χ2n) is 4.75. The van der Waals surface area contributed by atoms with Crippen LogP contribution in [0, 0.1) is 5.82 Å². The number of benzene rings is 1. The Balaban J connectivity index is 2.03. The fourth-order valence-electron chi connectivity index (χ4n) is 2.23. The molecular formula is C14H18FNO3. The van der Waals surface area contributed by atoms with E-state index in [4.69, 9.17) is 4.74 Å². The van der Waals surface area contributed by atoms with Gasteiger partial charge in [0.05, 0.1) is 0 Å². The molecule has 0 unspecified atom stereocenters. The first kappa shape index (κ1) is 14.0. The number of aliphatic hydroxyl groups is 1. The van der Waals surface area contributed by atoms with Crippen LogP contribution in [0.25, 0.3) is 0 Å². The van der Waals surface area contributed by atoms with Crippen molar-refractivity contribution in [2.75, 3.05) is 20.3 Å². The number of ether oxygens (including phenoxy) is 1. The highest BCUT2D eigenvalue weighted by molar-refractivity contribution is 5.82. The summed E-state index contributed by atoms with van der Waals surface area (Å²) in [4.78, 5) is 13.7. The zero-order chi connectivity index (χ0) is 13.8. The Bertz CT molecular complexity index is 429. The van der Waals surface area contributed by atoms with Crippen LogP contribution in [0.15, 0.2) is 24.3 Å². The highest BCUT2D eigenvalue weighted by Crippen LogP contribution is 2.20. The van der Waals surface area contributed by atoms with Crippen molar-refractivity contribution < 1.29 is 19.0 Å². The van der Waals surface area contributed by atoms with Crippen LogP contribution in [0.3, 0.4) is 0 Å². The van der Waals surface area contributed by atoms with Crippen molar-refractivity contribution in [2.45, 2.75) is 25.0 Å². The van der Waals surface area contributed by atoms with Crippen LogP contribution in [0.5, 0.6) is 0 Å². The Morgan fingerprint density at radius 3 is 2.53 bits per heavy atom. The number of hydrogen-bond acceptors (Lipinski definition) is 3. The summed E-state index contributed by atoms with van der Waals surface area (Å²) in [5.74, 6) is -0.750. The van der Waals surface area contributed by atoms with Gasteiger partial charge in [-0.15, -0.1) is 0 Å². The Kier molecular flexibility index (Phi) is 4.50. The second-order valence-corrected chi connectivity index (χ2v) is 4.75. The van der Waals surface area contributed by atoms with E-state index in [0.29, 0.717) is 18.8 Å². The molecule has 1 aromatic carbocycles. The topological polar surface area (TPSA) is 49.8 Å². The van der Waals surface area contributed by atoms with E-state index in [2.05, 4.69) is 0 Å². The molecule has 19 heavy (non-hydrogen) atoms. The summed E-state index contributed by atoms with van der Waals surface area (Å²) < 4.78 is 18.1. The summed E-state index contributed by atoms with van der Waals surface area (Å²) >= 11 is 0.